The van der Waals surface area contributed by atoms with E-state index in [1.54, 1.807) is 12.3 Å². The van der Waals surface area contributed by atoms with Gasteiger partial charge in [-0.2, -0.15) is 20.3 Å². The number of nitrogens with zero attached hydrogens (tertiary/aromatic N) is 7. The first-order valence-electron chi connectivity index (χ1n) is 9.44. The lowest BCUT2D eigenvalue weighted by Crippen LogP contribution is -2.45. The molecule has 4 aromatic rings. The Balaban J connectivity index is 1.73. The van der Waals surface area contributed by atoms with Gasteiger partial charge in [-0.25, -0.2) is 4.52 Å². The van der Waals surface area contributed by atoms with Gasteiger partial charge < -0.3 is 16.4 Å². The molecule has 1 saturated heterocycles. The highest BCUT2D eigenvalue weighted by Crippen LogP contribution is 2.39. The number of hydrogen-bond donors (Lipinski definition) is 2. The molecule has 0 bridgehead atoms. The minimum Gasteiger partial charge on any atom is -0.382 e. The van der Waals surface area contributed by atoms with E-state index in [4.69, 9.17) is 28.2 Å². The van der Waals surface area contributed by atoms with Crippen molar-refractivity contribution in [2.45, 2.75) is 12.5 Å². The van der Waals surface area contributed by atoms with Gasteiger partial charge in [-0.3, -0.25) is 9.36 Å². The van der Waals surface area contributed by atoms with Gasteiger partial charge >= 0.3 is 0 Å². The largest absolute Gasteiger partial charge is 0.382 e. The van der Waals surface area contributed by atoms with Crippen LogP contribution < -0.4 is 21.9 Å². The SMILES string of the molecule is N#Cc1c(N)nc(N)nc1N1CCC1c1nn2ccc(Cl)c2c(=O)n1-c1ccccc1. The third-order valence-corrected chi connectivity index (χ3v) is 5.62. The molecule has 1 aromatic carbocycles. The maximum absolute atomic E-state index is 13.4. The van der Waals surface area contributed by atoms with Gasteiger partial charge in [0.05, 0.1) is 16.8 Å². The van der Waals surface area contributed by atoms with Crippen molar-refractivity contribution < 1.29 is 0 Å². The van der Waals surface area contributed by atoms with E-state index >= 15 is 0 Å². The number of para-hydroxylation sites is 1. The third-order valence-electron chi connectivity index (χ3n) is 5.31. The van der Waals surface area contributed by atoms with Crippen molar-refractivity contribution in [2.75, 3.05) is 22.9 Å². The molecule has 11 heteroatoms. The Morgan fingerprint density at radius 1 is 1.16 bits per heavy atom. The smallest absolute Gasteiger partial charge is 0.284 e. The number of aromatic nitrogens is 5. The molecule has 5 rings (SSSR count). The molecule has 31 heavy (non-hydrogen) atoms. The normalized spacial score (nSPS) is 15.6. The van der Waals surface area contributed by atoms with Crippen molar-refractivity contribution in [3.8, 4) is 11.8 Å². The van der Waals surface area contributed by atoms with Crippen LogP contribution in [0.2, 0.25) is 5.02 Å². The first-order valence-corrected chi connectivity index (χ1v) is 9.82. The van der Waals surface area contributed by atoms with Crippen LogP contribution in [0.5, 0.6) is 0 Å². The van der Waals surface area contributed by atoms with E-state index in [9.17, 15) is 10.1 Å². The number of halogens is 1. The molecule has 1 aliphatic rings. The quantitative estimate of drug-likeness (QED) is 0.498. The highest BCUT2D eigenvalue weighted by molar-refractivity contribution is 6.33. The van der Waals surface area contributed by atoms with Gasteiger partial charge in [0, 0.05) is 12.7 Å². The molecule has 0 spiro atoms. The zero-order valence-electron chi connectivity index (χ0n) is 16.1. The van der Waals surface area contributed by atoms with Gasteiger partial charge in [0.1, 0.15) is 23.0 Å². The van der Waals surface area contributed by atoms with E-state index in [1.165, 1.54) is 9.08 Å². The van der Waals surface area contributed by atoms with Gasteiger partial charge in [0.2, 0.25) is 5.95 Å². The standard InChI is InChI=1S/C20H16ClN9O/c21-13-6-9-29-15(13)19(31)30(11-4-2-1-3-5-11)18(27-29)14-7-8-28(14)17-12(10-22)16(23)25-20(24)26-17/h1-6,9,14H,7-8H2,(H4,23,24,25,26). The van der Waals surface area contributed by atoms with Crippen molar-refractivity contribution in [3.63, 3.8) is 0 Å². The van der Waals surface area contributed by atoms with Gasteiger partial charge in [-0.05, 0) is 24.6 Å². The number of hydrogen-bond acceptors (Lipinski definition) is 8. The maximum Gasteiger partial charge on any atom is 0.284 e. The summed E-state index contributed by atoms with van der Waals surface area (Å²) < 4.78 is 3.02. The second-order valence-electron chi connectivity index (χ2n) is 7.07. The second-order valence-corrected chi connectivity index (χ2v) is 7.47. The summed E-state index contributed by atoms with van der Waals surface area (Å²) in [5.41, 5.74) is 12.5. The molecule has 0 saturated carbocycles. The fraction of sp³-hybridized carbons (Fsp3) is 0.150. The zero-order valence-corrected chi connectivity index (χ0v) is 16.9. The van der Waals surface area contributed by atoms with Crippen molar-refractivity contribution in [1.29, 1.82) is 5.26 Å². The van der Waals surface area contributed by atoms with Gasteiger partial charge in [0.25, 0.3) is 5.56 Å². The first-order chi connectivity index (χ1) is 15.0. The van der Waals surface area contributed by atoms with Crippen LogP contribution >= 0.6 is 11.6 Å². The molecule has 1 unspecified atom stereocenters. The van der Waals surface area contributed by atoms with E-state index < -0.39 is 0 Å². The molecule has 0 aliphatic carbocycles. The Hall–Kier alpha value is -4.10. The van der Waals surface area contributed by atoms with Crippen LogP contribution in [0.1, 0.15) is 23.9 Å². The molecule has 3 aromatic heterocycles. The monoisotopic (exact) mass is 433 g/mol. The average molecular weight is 434 g/mol. The number of nitriles is 1. The van der Waals surface area contributed by atoms with Crippen LogP contribution in [0.3, 0.4) is 0 Å². The molecular weight excluding hydrogens is 418 g/mol. The molecule has 154 valence electrons. The number of anilines is 3. The number of nitrogens with two attached hydrogens (primary N) is 2. The highest BCUT2D eigenvalue weighted by Gasteiger charge is 2.37. The Bertz CT molecular complexity index is 1420. The molecule has 1 atom stereocenters. The molecule has 1 fully saturated rings. The van der Waals surface area contributed by atoms with E-state index in [-0.39, 0.29) is 34.4 Å². The van der Waals surface area contributed by atoms with E-state index in [0.717, 1.165) is 0 Å². The van der Waals surface area contributed by atoms with Crippen LogP contribution in [-0.2, 0) is 0 Å². The Morgan fingerprint density at radius 2 is 1.94 bits per heavy atom. The number of benzene rings is 1. The summed E-state index contributed by atoms with van der Waals surface area (Å²) >= 11 is 6.25. The van der Waals surface area contributed by atoms with E-state index in [1.807, 2.05) is 41.3 Å². The van der Waals surface area contributed by atoms with Gasteiger partial charge in [-0.15, -0.1) is 0 Å². The molecule has 4 N–H and O–H groups in total. The molecule has 0 amide bonds. The average Bonchev–Trinajstić information content (AvgIpc) is 3.09. The molecule has 0 radical (unpaired) electrons. The molecule has 1 aliphatic heterocycles. The lowest BCUT2D eigenvalue weighted by atomic mass is 10.0. The Kier molecular flexibility index (Phi) is 4.27. The van der Waals surface area contributed by atoms with Crippen molar-refractivity contribution in [2.24, 2.45) is 0 Å². The summed E-state index contributed by atoms with van der Waals surface area (Å²) in [5.74, 6) is 0.792. The van der Waals surface area contributed by atoms with E-state index in [0.29, 0.717) is 35.3 Å². The minimum atomic E-state index is -0.334. The van der Waals surface area contributed by atoms with Crippen LogP contribution in [0, 0.1) is 11.3 Å². The molecular formula is C20H16ClN9O. The molecule has 10 nitrogen and oxygen atoms in total. The zero-order chi connectivity index (χ0) is 21.7. The highest BCUT2D eigenvalue weighted by atomic mass is 35.5. The second kappa shape index (κ2) is 7.00. The fourth-order valence-electron chi connectivity index (χ4n) is 3.80. The summed E-state index contributed by atoms with van der Waals surface area (Å²) in [7, 11) is 0. The number of fused-ring (bicyclic) bond motifs is 1. The summed E-state index contributed by atoms with van der Waals surface area (Å²) in [5, 5.41) is 14.6. The number of nitrogen functional groups attached to an aromatic ring is 2. The van der Waals surface area contributed by atoms with Crippen molar-refractivity contribution in [1.82, 2.24) is 24.1 Å². The summed E-state index contributed by atoms with van der Waals surface area (Å²) in [6.45, 7) is 0.588. The van der Waals surface area contributed by atoms with Crippen LogP contribution in [0.15, 0.2) is 47.4 Å². The van der Waals surface area contributed by atoms with Crippen LogP contribution in [0.4, 0.5) is 17.6 Å². The Labute approximate surface area is 180 Å². The van der Waals surface area contributed by atoms with Gasteiger partial charge in [0.15, 0.2) is 11.6 Å². The van der Waals surface area contributed by atoms with E-state index in [2.05, 4.69) is 9.97 Å². The summed E-state index contributed by atoms with van der Waals surface area (Å²) in [6, 6.07) is 12.5. The van der Waals surface area contributed by atoms with Crippen LogP contribution in [-0.4, -0.2) is 30.7 Å². The predicted octanol–water partition coefficient (Wildman–Crippen LogP) is 1.92. The van der Waals surface area contributed by atoms with Gasteiger partial charge in [-0.1, -0.05) is 29.8 Å². The van der Waals surface area contributed by atoms with Crippen molar-refractivity contribution in [3.05, 3.63) is 69.4 Å². The van der Waals surface area contributed by atoms with Crippen LogP contribution in [0.25, 0.3) is 11.2 Å². The fourth-order valence-corrected chi connectivity index (χ4v) is 4.02. The maximum atomic E-state index is 13.4. The topological polar surface area (TPSA) is 144 Å². The number of rotatable bonds is 3. The third kappa shape index (κ3) is 2.86. The first kappa shape index (κ1) is 18.9. The lowest BCUT2D eigenvalue weighted by Gasteiger charge is -2.42. The Morgan fingerprint density at radius 3 is 2.61 bits per heavy atom. The minimum absolute atomic E-state index is 0.0108. The van der Waals surface area contributed by atoms with Crippen molar-refractivity contribution >= 4 is 34.7 Å². The molecule has 4 heterocycles. The summed E-state index contributed by atoms with van der Waals surface area (Å²) in [6.07, 6.45) is 2.33. The predicted molar refractivity (Wildman–Crippen MR) is 116 cm³/mol. The lowest BCUT2D eigenvalue weighted by molar-refractivity contribution is 0.423. The summed E-state index contributed by atoms with van der Waals surface area (Å²) in [4.78, 5) is 23.4.